The second kappa shape index (κ2) is 9.22. The smallest absolute Gasteiger partial charge is 0.468 e. The van der Waals surface area contributed by atoms with Gasteiger partial charge >= 0.3 is 41.3 Å². The highest BCUT2D eigenvalue weighted by atomic mass is 32.2. The van der Waals surface area contributed by atoms with Gasteiger partial charge in [-0.2, -0.15) is 43.9 Å². The molecule has 0 rings (SSSR count). The van der Waals surface area contributed by atoms with E-state index in [0.717, 1.165) is 0 Å². The number of alkyl halides is 10. The van der Waals surface area contributed by atoms with Crippen LogP contribution in [-0.2, 0) is 33.9 Å². The van der Waals surface area contributed by atoms with Gasteiger partial charge in [0.15, 0.2) is 10.1 Å². The molecular formula is C13H9F10O8S-. The zero-order valence-corrected chi connectivity index (χ0v) is 15.7. The molecule has 19 heteroatoms. The lowest BCUT2D eigenvalue weighted by atomic mass is 10.2. The SMILES string of the molecule is C=COC(=O)C(OCCC(F)(F)C(F)(F)S(=O)(=O)[O-])(OC(=O)C(=C)C(F)(F)F)C(F)(F)F. The third kappa shape index (κ3) is 6.09. The van der Waals surface area contributed by atoms with Crippen LogP contribution >= 0.6 is 0 Å². The van der Waals surface area contributed by atoms with Crippen LogP contribution in [0.4, 0.5) is 43.9 Å². The molecule has 0 aliphatic carbocycles. The lowest BCUT2D eigenvalue weighted by molar-refractivity contribution is -0.356. The number of carbonyl (C=O) groups excluding carboxylic acids is 2. The van der Waals surface area contributed by atoms with Crippen molar-refractivity contribution >= 4 is 22.1 Å². The van der Waals surface area contributed by atoms with Crippen molar-refractivity contribution in [1.82, 2.24) is 0 Å². The van der Waals surface area contributed by atoms with Crippen molar-refractivity contribution in [2.75, 3.05) is 6.61 Å². The van der Waals surface area contributed by atoms with Crippen LogP contribution < -0.4 is 0 Å². The van der Waals surface area contributed by atoms with E-state index in [1.54, 1.807) is 0 Å². The Balaban J connectivity index is 6.17. The fourth-order valence-electron chi connectivity index (χ4n) is 1.50. The summed E-state index contributed by atoms with van der Waals surface area (Å²) in [5, 5.41) is -6.38. The van der Waals surface area contributed by atoms with Gasteiger partial charge in [-0.25, -0.2) is 18.0 Å². The van der Waals surface area contributed by atoms with Crippen molar-refractivity contribution < 1.29 is 80.7 Å². The highest BCUT2D eigenvalue weighted by Crippen LogP contribution is 2.42. The molecule has 0 aliphatic heterocycles. The predicted molar refractivity (Wildman–Crippen MR) is 76.5 cm³/mol. The zero-order valence-electron chi connectivity index (χ0n) is 14.9. The van der Waals surface area contributed by atoms with Gasteiger partial charge < -0.3 is 18.8 Å². The van der Waals surface area contributed by atoms with Crippen molar-refractivity contribution in [2.24, 2.45) is 0 Å². The summed E-state index contributed by atoms with van der Waals surface area (Å²) < 4.78 is 172. The molecule has 8 nitrogen and oxygen atoms in total. The first-order chi connectivity index (χ1) is 14.0. The molecular weight excluding hydrogens is 506 g/mol. The minimum Gasteiger partial charge on any atom is -0.743 e. The van der Waals surface area contributed by atoms with Crippen molar-refractivity contribution in [1.29, 1.82) is 0 Å². The first-order valence-electron chi connectivity index (χ1n) is 7.21. The van der Waals surface area contributed by atoms with E-state index in [1.807, 2.05) is 0 Å². The Labute approximate surface area is 171 Å². The molecule has 0 bridgehead atoms. The minimum atomic E-state index is -7.06. The molecule has 0 aromatic heterocycles. The average molecular weight is 515 g/mol. The molecule has 0 saturated heterocycles. The molecule has 0 spiro atoms. The molecule has 0 radical (unpaired) electrons. The van der Waals surface area contributed by atoms with Gasteiger partial charge in [-0.15, -0.1) is 0 Å². The maximum atomic E-state index is 13.4. The van der Waals surface area contributed by atoms with Gasteiger partial charge in [-0.05, 0) is 0 Å². The number of hydrogen-bond donors (Lipinski definition) is 0. The molecule has 0 saturated carbocycles. The molecule has 1 unspecified atom stereocenters. The van der Waals surface area contributed by atoms with Crippen molar-refractivity contribution in [3.63, 3.8) is 0 Å². The Bertz CT molecular complexity index is 861. The number of esters is 2. The second-order valence-corrected chi connectivity index (χ2v) is 6.75. The summed E-state index contributed by atoms with van der Waals surface area (Å²) in [7, 11) is -7.06. The number of halogens is 10. The topological polar surface area (TPSA) is 119 Å². The van der Waals surface area contributed by atoms with Gasteiger partial charge in [0.05, 0.1) is 12.9 Å². The van der Waals surface area contributed by atoms with Gasteiger partial charge in [0.2, 0.25) is 0 Å². The van der Waals surface area contributed by atoms with Crippen LogP contribution in [0.3, 0.4) is 0 Å². The number of rotatable bonds is 10. The van der Waals surface area contributed by atoms with Crippen molar-refractivity contribution in [2.45, 2.75) is 35.7 Å². The molecule has 0 aromatic carbocycles. The molecule has 186 valence electrons. The van der Waals surface area contributed by atoms with Crippen LogP contribution in [0.15, 0.2) is 25.0 Å². The lowest BCUT2D eigenvalue weighted by Crippen LogP contribution is -2.59. The van der Waals surface area contributed by atoms with Gasteiger partial charge in [0.1, 0.15) is 5.57 Å². The monoisotopic (exact) mass is 515 g/mol. The zero-order chi connectivity index (χ0) is 26.0. The van der Waals surface area contributed by atoms with Crippen LogP contribution in [0.2, 0.25) is 0 Å². The molecule has 0 fully saturated rings. The summed E-state index contributed by atoms with van der Waals surface area (Å²) in [5.41, 5.74) is -2.64. The Kier molecular flexibility index (Phi) is 8.52. The summed E-state index contributed by atoms with van der Waals surface area (Å²) in [6.07, 6.45) is -14.9. The second-order valence-electron chi connectivity index (χ2n) is 5.33. The van der Waals surface area contributed by atoms with Crippen LogP contribution in [0, 0.1) is 0 Å². The molecule has 0 N–H and O–H groups in total. The largest absolute Gasteiger partial charge is 0.743 e. The summed E-state index contributed by atoms with van der Waals surface area (Å²) in [5.74, 6) is -17.1. The maximum absolute atomic E-state index is 13.4. The number of carbonyl (C=O) groups is 2. The van der Waals surface area contributed by atoms with E-state index in [9.17, 15) is 66.5 Å². The summed E-state index contributed by atoms with van der Waals surface area (Å²) in [4.78, 5) is 23.0. The third-order valence-corrected chi connectivity index (χ3v) is 4.05. The Hall–Kier alpha value is -2.41. The van der Waals surface area contributed by atoms with E-state index in [0.29, 0.717) is 0 Å². The van der Waals surface area contributed by atoms with Crippen LogP contribution in [-0.4, -0.2) is 60.8 Å². The summed E-state index contributed by atoms with van der Waals surface area (Å²) in [6.45, 7) is 2.23. The fourth-order valence-corrected chi connectivity index (χ4v) is 1.97. The highest BCUT2D eigenvalue weighted by Gasteiger charge is 2.69. The van der Waals surface area contributed by atoms with E-state index in [4.69, 9.17) is 0 Å². The van der Waals surface area contributed by atoms with Crippen LogP contribution in [0.5, 0.6) is 0 Å². The van der Waals surface area contributed by atoms with E-state index in [2.05, 4.69) is 27.4 Å². The normalized spacial score (nSPS) is 15.5. The Morgan fingerprint density at radius 3 is 1.78 bits per heavy atom. The molecule has 0 heterocycles. The van der Waals surface area contributed by atoms with E-state index in [-0.39, 0.29) is 6.26 Å². The fraction of sp³-hybridized carbons (Fsp3) is 0.538. The molecule has 0 aliphatic rings. The first-order valence-corrected chi connectivity index (χ1v) is 8.62. The van der Waals surface area contributed by atoms with Crippen molar-refractivity contribution in [3.05, 3.63) is 25.0 Å². The van der Waals surface area contributed by atoms with Crippen LogP contribution in [0.1, 0.15) is 6.42 Å². The van der Waals surface area contributed by atoms with E-state index in [1.165, 1.54) is 0 Å². The Morgan fingerprint density at radius 2 is 1.44 bits per heavy atom. The number of ether oxygens (including phenoxy) is 3. The van der Waals surface area contributed by atoms with Gasteiger partial charge in [-0.1, -0.05) is 13.2 Å². The highest BCUT2D eigenvalue weighted by molar-refractivity contribution is 7.86. The van der Waals surface area contributed by atoms with Gasteiger partial charge in [-0.3, -0.25) is 0 Å². The minimum absolute atomic E-state index is 0.0919. The van der Waals surface area contributed by atoms with E-state index < -0.39 is 70.0 Å². The maximum Gasteiger partial charge on any atom is 0.468 e. The van der Waals surface area contributed by atoms with Gasteiger partial charge in [0, 0.05) is 6.42 Å². The summed E-state index contributed by atoms with van der Waals surface area (Å²) >= 11 is 0. The summed E-state index contributed by atoms with van der Waals surface area (Å²) in [6, 6.07) is 0. The van der Waals surface area contributed by atoms with Gasteiger partial charge in [0.25, 0.3) is 0 Å². The lowest BCUT2D eigenvalue weighted by Gasteiger charge is -2.33. The predicted octanol–water partition coefficient (Wildman–Crippen LogP) is 2.77. The quantitative estimate of drug-likeness (QED) is 0.109. The van der Waals surface area contributed by atoms with Crippen LogP contribution in [0.25, 0.3) is 0 Å². The Morgan fingerprint density at radius 1 is 0.969 bits per heavy atom. The molecule has 1 atom stereocenters. The third-order valence-electron chi connectivity index (χ3n) is 3.12. The average Bonchev–Trinajstić information content (AvgIpc) is 2.56. The first kappa shape index (κ1) is 29.6. The standard InChI is InChI=1S/C13H10F10O8S/c1-3-29-8(25)10(12(19,20)21,31-7(24)6(2)11(16,17)18)30-5-4-9(14,15)13(22,23)32(26,27)28/h3H,1-2,4-5H2,(H,26,27,28)/p-1. The number of hydrogen-bond acceptors (Lipinski definition) is 8. The van der Waals surface area contributed by atoms with Crippen molar-refractivity contribution in [3.8, 4) is 0 Å². The molecule has 0 aromatic rings. The molecule has 0 amide bonds. The van der Waals surface area contributed by atoms with E-state index >= 15 is 0 Å². The molecule has 32 heavy (non-hydrogen) atoms.